The van der Waals surface area contributed by atoms with Crippen molar-refractivity contribution < 1.29 is 4.74 Å². The fraction of sp³-hybridized carbons (Fsp3) is 0.312. The molecule has 2 aromatic rings. The number of benzene rings is 1. The molecule has 0 aliphatic carbocycles. The van der Waals surface area contributed by atoms with Crippen LogP contribution in [0, 0.1) is 0 Å². The van der Waals surface area contributed by atoms with Crippen LogP contribution in [0.25, 0.3) is 0 Å². The fourth-order valence-electron chi connectivity index (χ4n) is 2.10. The molecule has 0 saturated heterocycles. The summed E-state index contributed by atoms with van der Waals surface area (Å²) < 4.78 is 7.44. The molecule has 20 heavy (non-hydrogen) atoms. The molecule has 1 aromatic carbocycles. The first-order valence-corrected chi connectivity index (χ1v) is 6.79. The van der Waals surface area contributed by atoms with Gasteiger partial charge >= 0.3 is 0 Å². The lowest BCUT2D eigenvalue weighted by atomic mass is 10.1. The first-order chi connectivity index (χ1) is 9.72. The van der Waals surface area contributed by atoms with Gasteiger partial charge in [0.2, 0.25) is 0 Å². The molecule has 4 nitrogen and oxygen atoms in total. The number of nitrogens with one attached hydrogen (secondary N) is 1. The zero-order valence-electron chi connectivity index (χ0n) is 11.9. The van der Waals surface area contributed by atoms with E-state index in [9.17, 15) is 4.79 Å². The molecular weight excluding hydrogens is 252 g/mol. The topological polar surface area (TPSA) is 43.3 Å². The van der Waals surface area contributed by atoms with Gasteiger partial charge in [-0.1, -0.05) is 12.1 Å². The Kier molecular flexibility index (Phi) is 4.96. The van der Waals surface area contributed by atoms with E-state index in [1.165, 1.54) is 5.56 Å². The van der Waals surface area contributed by atoms with Gasteiger partial charge in [0, 0.05) is 37.1 Å². The fourth-order valence-corrected chi connectivity index (χ4v) is 2.10. The summed E-state index contributed by atoms with van der Waals surface area (Å²) in [6, 6.07) is 11.4. The quantitative estimate of drug-likeness (QED) is 0.876. The van der Waals surface area contributed by atoms with Gasteiger partial charge in [-0.05, 0) is 31.7 Å². The van der Waals surface area contributed by atoms with Crippen LogP contribution in [0.4, 0.5) is 0 Å². The van der Waals surface area contributed by atoms with Crippen molar-refractivity contribution in [3.63, 3.8) is 0 Å². The minimum atomic E-state index is 0.0309. The molecule has 0 aliphatic rings. The van der Waals surface area contributed by atoms with Crippen molar-refractivity contribution in [3.05, 3.63) is 64.6 Å². The Morgan fingerprint density at radius 2 is 1.80 bits per heavy atom. The van der Waals surface area contributed by atoms with E-state index in [2.05, 4.69) is 17.4 Å². The third kappa shape index (κ3) is 3.71. The van der Waals surface area contributed by atoms with E-state index in [0.717, 1.165) is 12.3 Å². The Balaban J connectivity index is 2.11. The monoisotopic (exact) mass is 272 g/mol. The lowest BCUT2D eigenvalue weighted by molar-refractivity contribution is 0.340. The average molecular weight is 272 g/mol. The minimum Gasteiger partial charge on any atom is -0.494 e. The van der Waals surface area contributed by atoms with E-state index in [0.29, 0.717) is 6.61 Å². The molecule has 0 amide bonds. The van der Waals surface area contributed by atoms with Gasteiger partial charge in [-0.25, -0.2) is 0 Å². The molecule has 0 aliphatic heterocycles. The third-order valence-electron chi connectivity index (χ3n) is 3.20. The third-order valence-corrected chi connectivity index (χ3v) is 3.20. The van der Waals surface area contributed by atoms with Gasteiger partial charge in [-0.2, -0.15) is 0 Å². The maximum Gasteiger partial charge on any atom is 0.181 e. The normalized spacial score (nSPS) is 12.1. The van der Waals surface area contributed by atoms with E-state index >= 15 is 0 Å². The van der Waals surface area contributed by atoms with Crippen LogP contribution >= 0.6 is 0 Å². The van der Waals surface area contributed by atoms with Gasteiger partial charge in [-0.3, -0.25) is 4.79 Å². The molecule has 1 atom stereocenters. The number of aromatic nitrogens is 1. The van der Waals surface area contributed by atoms with E-state index in [1.807, 2.05) is 30.7 Å². The molecule has 106 valence electrons. The lowest BCUT2D eigenvalue weighted by Gasteiger charge is -2.18. The Bertz CT molecular complexity index is 570. The van der Waals surface area contributed by atoms with Crippen LogP contribution in [-0.2, 0) is 6.54 Å². The molecule has 1 unspecified atom stereocenters. The van der Waals surface area contributed by atoms with E-state index in [-0.39, 0.29) is 11.5 Å². The van der Waals surface area contributed by atoms with Gasteiger partial charge in [0.25, 0.3) is 0 Å². The minimum absolute atomic E-state index is 0.0309. The Hall–Kier alpha value is -2.07. The summed E-state index contributed by atoms with van der Waals surface area (Å²) in [5, 5.41) is 3.29. The Morgan fingerprint density at radius 1 is 1.15 bits per heavy atom. The average Bonchev–Trinajstić information content (AvgIpc) is 2.48. The molecular formula is C16H20N2O2. The molecule has 0 bridgehead atoms. The maximum absolute atomic E-state index is 11.1. The smallest absolute Gasteiger partial charge is 0.181 e. The lowest BCUT2D eigenvalue weighted by Crippen LogP contribution is -2.22. The predicted octanol–water partition coefficient (Wildman–Crippen LogP) is 2.21. The number of pyridine rings is 1. The highest BCUT2D eigenvalue weighted by atomic mass is 16.5. The molecule has 0 radical (unpaired) electrons. The van der Waals surface area contributed by atoms with Crippen LogP contribution in [0.2, 0.25) is 0 Å². The van der Waals surface area contributed by atoms with Crippen molar-refractivity contribution in [1.29, 1.82) is 0 Å². The van der Waals surface area contributed by atoms with Crippen LogP contribution < -0.4 is 15.5 Å². The summed E-state index contributed by atoms with van der Waals surface area (Å²) >= 11 is 0. The van der Waals surface area contributed by atoms with Crippen molar-refractivity contribution in [2.24, 2.45) is 0 Å². The molecule has 0 saturated carbocycles. The van der Waals surface area contributed by atoms with Crippen molar-refractivity contribution >= 4 is 0 Å². The second-order valence-electron chi connectivity index (χ2n) is 4.57. The Morgan fingerprint density at radius 3 is 2.35 bits per heavy atom. The van der Waals surface area contributed by atoms with Crippen molar-refractivity contribution in [2.45, 2.75) is 19.5 Å². The highest BCUT2D eigenvalue weighted by molar-refractivity contribution is 5.29. The molecule has 2 rings (SSSR count). The number of nitrogens with zero attached hydrogens (tertiary/aromatic N) is 1. The second-order valence-corrected chi connectivity index (χ2v) is 4.57. The number of hydrogen-bond donors (Lipinski definition) is 1. The van der Waals surface area contributed by atoms with Crippen LogP contribution in [0.3, 0.4) is 0 Å². The number of likely N-dealkylation sites (N-methyl/N-ethyl adjacent to an activating group) is 1. The standard InChI is InChI=1S/C16H20N2O2/c1-3-20-15-6-4-13(5-7-15)16(17-2)12-18-10-8-14(19)9-11-18/h4-11,16-17H,3,12H2,1-2H3. The second kappa shape index (κ2) is 6.91. The van der Waals surface area contributed by atoms with E-state index in [4.69, 9.17) is 4.74 Å². The van der Waals surface area contributed by atoms with E-state index < -0.39 is 0 Å². The molecule has 1 N–H and O–H groups in total. The first kappa shape index (κ1) is 14.3. The molecule has 0 spiro atoms. The Labute approximate surface area is 119 Å². The maximum atomic E-state index is 11.1. The molecule has 4 heteroatoms. The van der Waals surface area contributed by atoms with Crippen molar-refractivity contribution in [1.82, 2.24) is 9.88 Å². The molecule has 0 fully saturated rings. The summed E-state index contributed by atoms with van der Waals surface area (Å²) in [5.74, 6) is 0.884. The SMILES string of the molecule is CCOc1ccc(C(Cn2ccc(=O)cc2)NC)cc1. The van der Waals surface area contributed by atoms with Gasteiger partial charge in [0.15, 0.2) is 5.43 Å². The van der Waals surface area contributed by atoms with E-state index in [1.54, 1.807) is 24.5 Å². The van der Waals surface area contributed by atoms with Gasteiger partial charge < -0.3 is 14.6 Å². The van der Waals surface area contributed by atoms with Crippen LogP contribution in [-0.4, -0.2) is 18.2 Å². The summed E-state index contributed by atoms with van der Waals surface area (Å²) in [6.07, 6.45) is 3.61. The number of ether oxygens (including phenoxy) is 1. The highest BCUT2D eigenvalue weighted by Crippen LogP contribution is 2.19. The van der Waals surface area contributed by atoms with Gasteiger partial charge in [-0.15, -0.1) is 0 Å². The summed E-state index contributed by atoms with van der Waals surface area (Å²) in [7, 11) is 1.93. The summed E-state index contributed by atoms with van der Waals surface area (Å²) in [5.41, 5.74) is 1.22. The van der Waals surface area contributed by atoms with Crippen LogP contribution in [0.5, 0.6) is 5.75 Å². The van der Waals surface area contributed by atoms with Gasteiger partial charge in [0.1, 0.15) is 5.75 Å². The summed E-state index contributed by atoms with van der Waals surface area (Å²) in [4.78, 5) is 11.1. The van der Waals surface area contributed by atoms with Crippen LogP contribution in [0.1, 0.15) is 18.5 Å². The predicted molar refractivity (Wildman–Crippen MR) is 80.1 cm³/mol. The number of hydrogen-bond acceptors (Lipinski definition) is 3. The zero-order valence-corrected chi connectivity index (χ0v) is 11.9. The first-order valence-electron chi connectivity index (χ1n) is 6.79. The highest BCUT2D eigenvalue weighted by Gasteiger charge is 2.09. The largest absolute Gasteiger partial charge is 0.494 e. The van der Waals surface area contributed by atoms with Gasteiger partial charge in [0.05, 0.1) is 6.61 Å². The zero-order chi connectivity index (χ0) is 14.4. The molecule has 1 heterocycles. The van der Waals surface area contributed by atoms with Crippen LogP contribution in [0.15, 0.2) is 53.6 Å². The van der Waals surface area contributed by atoms with Crippen molar-refractivity contribution in [3.8, 4) is 5.75 Å². The number of rotatable bonds is 6. The summed E-state index contributed by atoms with van der Waals surface area (Å²) in [6.45, 7) is 3.41. The van der Waals surface area contributed by atoms with Crippen molar-refractivity contribution in [2.75, 3.05) is 13.7 Å². The molecule has 1 aromatic heterocycles.